The summed E-state index contributed by atoms with van der Waals surface area (Å²) in [6.07, 6.45) is 8.93. The van der Waals surface area contributed by atoms with E-state index in [1.807, 2.05) is 9.58 Å². The maximum atomic E-state index is 12.5. The molecule has 0 radical (unpaired) electrons. The van der Waals surface area contributed by atoms with Crippen LogP contribution in [0.3, 0.4) is 0 Å². The molecule has 2 atom stereocenters. The smallest absolute Gasteiger partial charge is 0.239 e. The second-order valence-corrected chi connectivity index (χ2v) is 5.91. The van der Waals surface area contributed by atoms with Crippen LogP contribution in [0.4, 0.5) is 0 Å². The fraction of sp³-hybridized carbons (Fsp3) is 0.786. The Morgan fingerprint density at radius 3 is 3.00 bits per heavy atom. The molecule has 3 rings (SSSR count). The highest BCUT2D eigenvalue weighted by Crippen LogP contribution is 2.20. The highest BCUT2D eigenvalue weighted by Gasteiger charge is 2.29. The van der Waals surface area contributed by atoms with Gasteiger partial charge in [0, 0.05) is 19.6 Å². The Bertz CT molecular complexity index is 427. The number of amides is 1. The van der Waals surface area contributed by atoms with Crippen molar-refractivity contribution in [1.82, 2.24) is 25.0 Å². The Morgan fingerprint density at radius 1 is 1.30 bits per heavy atom. The molecular formula is C14H23N5O. The van der Waals surface area contributed by atoms with Gasteiger partial charge in [0.2, 0.25) is 5.91 Å². The summed E-state index contributed by atoms with van der Waals surface area (Å²) in [4.78, 5) is 18.6. The van der Waals surface area contributed by atoms with Crippen LogP contribution in [0.5, 0.6) is 0 Å². The molecule has 6 nitrogen and oxygen atoms in total. The van der Waals surface area contributed by atoms with Crippen molar-refractivity contribution in [3.05, 3.63) is 12.7 Å². The molecule has 20 heavy (non-hydrogen) atoms. The molecule has 2 aliphatic heterocycles. The van der Waals surface area contributed by atoms with Gasteiger partial charge in [0.15, 0.2) is 0 Å². The van der Waals surface area contributed by atoms with Crippen molar-refractivity contribution in [2.24, 2.45) is 5.92 Å². The second-order valence-electron chi connectivity index (χ2n) is 5.91. The molecule has 2 saturated heterocycles. The third-order valence-corrected chi connectivity index (χ3v) is 4.35. The molecule has 0 saturated carbocycles. The van der Waals surface area contributed by atoms with Crippen LogP contribution < -0.4 is 5.32 Å². The van der Waals surface area contributed by atoms with E-state index in [0.29, 0.717) is 11.8 Å². The first-order valence-corrected chi connectivity index (χ1v) is 7.67. The Labute approximate surface area is 119 Å². The van der Waals surface area contributed by atoms with E-state index >= 15 is 0 Å². The molecule has 1 aromatic rings. The molecule has 0 unspecified atom stereocenters. The van der Waals surface area contributed by atoms with E-state index in [1.54, 1.807) is 12.7 Å². The number of nitrogens with zero attached hydrogens (tertiary/aromatic N) is 4. The van der Waals surface area contributed by atoms with Crippen LogP contribution in [0.25, 0.3) is 0 Å². The van der Waals surface area contributed by atoms with E-state index in [9.17, 15) is 4.79 Å². The fourth-order valence-electron chi connectivity index (χ4n) is 3.29. The summed E-state index contributed by atoms with van der Waals surface area (Å²) >= 11 is 0. The van der Waals surface area contributed by atoms with Gasteiger partial charge in [0.1, 0.15) is 12.7 Å². The Balaban J connectivity index is 1.55. The first-order valence-electron chi connectivity index (χ1n) is 7.67. The number of rotatable bonds is 3. The Hall–Kier alpha value is -1.43. The molecule has 0 spiro atoms. The summed E-state index contributed by atoms with van der Waals surface area (Å²) in [5.41, 5.74) is 0. The molecule has 0 aliphatic carbocycles. The van der Waals surface area contributed by atoms with E-state index < -0.39 is 0 Å². The molecule has 2 fully saturated rings. The quantitative estimate of drug-likeness (QED) is 0.881. The van der Waals surface area contributed by atoms with Crippen molar-refractivity contribution in [2.75, 3.05) is 19.6 Å². The maximum absolute atomic E-state index is 12.5. The van der Waals surface area contributed by atoms with Crippen LogP contribution in [0, 0.1) is 5.92 Å². The standard InChI is InChI=1S/C14H23N5O/c20-14(13-5-1-2-6-16-13)18-7-3-4-12(8-18)9-19-11-15-10-17-19/h10-13,16H,1-9H2/t12-,13+/m1/s1. The molecule has 0 aromatic carbocycles. The number of piperidine rings is 2. The molecule has 1 aromatic heterocycles. The number of hydrogen-bond donors (Lipinski definition) is 1. The molecule has 0 bridgehead atoms. The van der Waals surface area contributed by atoms with Gasteiger partial charge in [-0.15, -0.1) is 0 Å². The zero-order chi connectivity index (χ0) is 13.8. The van der Waals surface area contributed by atoms with Crippen molar-refractivity contribution >= 4 is 5.91 Å². The van der Waals surface area contributed by atoms with Gasteiger partial charge in [-0.3, -0.25) is 9.48 Å². The van der Waals surface area contributed by atoms with Gasteiger partial charge in [-0.1, -0.05) is 6.42 Å². The van der Waals surface area contributed by atoms with Gasteiger partial charge in [0.25, 0.3) is 0 Å². The molecule has 1 amide bonds. The van der Waals surface area contributed by atoms with Crippen LogP contribution in [-0.2, 0) is 11.3 Å². The minimum absolute atomic E-state index is 0.0499. The zero-order valence-corrected chi connectivity index (χ0v) is 11.9. The van der Waals surface area contributed by atoms with E-state index in [0.717, 1.165) is 39.0 Å². The van der Waals surface area contributed by atoms with Gasteiger partial charge >= 0.3 is 0 Å². The summed E-state index contributed by atoms with van der Waals surface area (Å²) in [6.45, 7) is 3.61. The lowest BCUT2D eigenvalue weighted by molar-refractivity contribution is -0.136. The lowest BCUT2D eigenvalue weighted by atomic mass is 9.96. The van der Waals surface area contributed by atoms with Crippen LogP contribution >= 0.6 is 0 Å². The summed E-state index contributed by atoms with van der Waals surface area (Å²) < 4.78 is 1.87. The van der Waals surface area contributed by atoms with Crippen LogP contribution in [0.2, 0.25) is 0 Å². The van der Waals surface area contributed by atoms with Gasteiger partial charge in [-0.25, -0.2) is 4.98 Å². The summed E-state index contributed by atoms with van der Waals surface area (Å²) in [5, 5.41) is 7.52. The number of likely N-dealkylation sites (tertiary alicyclic amines) is 1. The molecule has 3 heterocycles. The van der Waals surface area contributed by atoms with Crippen molar-refractivity contribution in [3.8, 4) is 0 Å². The lowest BCUT2D eigenvalue weighted by Crippen LogP contribution is -2.51. The number of nitrogens with one attached hydrogen (secondary N) is 1. The molecule has 2 aliphatic rings. The highest BCUT2D eigenvalue weighted by molar-refractivity contribution is 5.82. The number of aromatic nitrogens is 3. The number of carbonyl (C=O) groups is 1. The largest absolute Gasteiger partial charge is 0.341 e. The summed E-state index contributed by atoms with van der Waals surface area (Å²) in [7, 11) is 0. The van der Waals surface area contributed by atoms with Gasteiger partial charge in [0.05, 0.1) is 6.04 Å². The Morgan fingerprint density at radius 2 is 2.25 bits per heavy atom. The first kappa shape index (κ1) is 13.5. The third kappa shape index (κ3) is 3.17. The van der Waals surface area contributed by atoms with Crippen LogP contribution in [0.15, 0.2) is 12.7 Å². The SMILES string of the molecule is O=C([C@@H]1CCCCN1)N1CCC[C@@H](Cn2cncn2)C1. The predicted octanol–water partition coefficient (Wildman–Crippen LogP) is 0.659. The molecule has 1 N–H and O–H groups in total. The van der Waals surface area contributed by atoms with E-state index in [-0.39, 0.29) is 6.04 Å². The average molecular weight is 277 g/mol. The topological polar surface area (TPSA) is 63.1 Å². The molecular weight excluding hydrogens is 254 g/mol. The fourth-order valence-corrected chi connectivity index (χ4v) is 3.29. The van der Waals surface area contributed by atoms with Gasteiger partial charge in [-0.05, 0) is 38.1 Å². The van der Waals surface area contributed by atoms with E-state index in [2.05, 4.69) is 15.4 Å². The van der Waals surface area contributed by atoms with E-state index in [1.165, 1.54) is 19.3 Å². The predicted molar refractivity (Wildman–Crippen MR) is 75.0 cm³/mol. The van der Waals surface area contributed by atoms with Crippen LogP contribution in [-0.4, -0.2) is 51.2 Å². The zero-order valence-electron chi connectivity index (χ0n) is 11.9. The van der Waals surface area contributed by atoms with Crippen LogP contribution in [0.1, 0.15) is 32.1 Å². The number of hydrogen-bond acceptors (Lipinski definition) is 4. The highest BCUT2D eigenvalue weighted by atomic mass is 16.2. The normalized spacial score (nSPS) is 27.5. The minimum atomic E-state index is 0.0499. The van der Waals surface area contributed by atoms with Crippen molar-refractivity contribution in [2.45, 2.75) is 44.7 Å². The van der Waals surface area contributed by atoms with Gasteiger partial charge in [-0.2, -0.15) is 5.10 Å². The molecule has 6 heteroatoms. The van der Waals surface area contributed by atoms with Gasteiger partial charge < -0.3 is 10.2 Å². The minimum Gasteiger partial charge on any atom is -0.341 e. The van der Waals surface area contributed by atoms with Crippen molar-refractivity contribution < 1.29 is 4.79 Å². The second kappa shape index (κ2) is 6.35. The monoisotopic (exact) mass is 277 g/mol. The van der Waals surface area contributed by atoms with E-state index in [4.69, 9.17) is 0 Å². The van der Waals surface area contributed by atoms with Crippen molar-refractivity contribution in [3.63, 3.8) is 0 Å². The first-order chi connectivity index (χ1) is 9.83. The third-order valence-electron chi connectivity index (χ3n) is 4.35. The number of carbonyl (C=O) groups excluding carboxylic acids is 1. The average Bonchev–Trinajstić information content (AvgIpc) is 3.01. The van der Waals surface area contributed by atoms with Crippen molar-refractivity contribution in [1.29, 1.82) is 0 Å². The summed E-state index contributed by atoms with van der Waals surface area (Å²) in [6, 6.07) is 0.0499. The Kier molecular flexibility index (Phi) is 4.30. The summed E-state index contributed by atoms with van der Waals surface area (Å²) in [5.74, 6) is 0.797. The lowest BCUT2D eigenvalue weighted by Gasteiger charge is -2.36. The maximum Gasteiger partial charge on any atom is 0.239 e. The molecule has 110 valence electrons.